The molecule has 0 fully saturated rings. The smallest absolute Gasteiger partial charge is 0.326 e. The Labute approximate surface area is 147 Å². The highest BCUT2D eigenvalue weighted by Gasteiger charge is 2.22. The third-order valence-corrected chi connectivity index (χ3v) is 3.46. The average molecular weight is 359 g/mol. The molecule has 1 N–H and O–H groups in total. The highest BCUT2D eigenvalue weighted by molar-refractivity contribution is 7.59. The van der Waals surface area contributed by atoms with Crippen molar-refractivity contribution in [3.8, 4) is 6.07 Å². The van der Waals surface area contributed by atoms with Gasteiger partial charge in [-0.1, -0.05) is 30.3 Å². The minimum Gasteiger partial charge on any atom is -0.326 e. The normalized spacial score (nSPS) is 12.0. The monoisotopic (exact) mass is 359 g/mol. The molecule has 0 bridgehead atoms. The largest absolute Gasteiger partial charge is 0.425 e. The first-order valence-electron chi connectivity index (χ1n) is 7.24. The molecule has 0 aliphatic carbocycles. The summed E-state index contributed by atoms with van der Waals surface area (Å²) in [6.45, 7) is 5.07. The quantitative estimate of drug-likeness (QED) is 0.823. The summed E-state index contributed by atoms with van der Waals surface area (Å²) in [5.74, 6) is -0.129. The van der Waals surface area contributed by atoms with Crippen LogP contribution in [0.15, 0.2) is 47.5 Å². The van der Waals surface area contributed by atoms with E-state index in [1.807, 2.05) is 42.5 Å². The molecule has 0 heterocycles. The maximum atomic E-state index is 11.9. The lowest BCUT2D eigenvalue weighted by Crippen LogP contribution is -2.22. The zero-order valence-corrected chi connectivity index (χ0v) is 14.4. The number of carbonyl (C=O) groups excluding carboxylic acids is 1. The van der Waals surface area contributed by atoms with E-state index in [1.54, 1.807) is 6.92 Å². The second-order valence-corrected chi connectivity index (χ2v) is 5.77. The molecule has 1 amide bonds. The Hall–Kier alpha value is -3.05. The van der Waals surface area contributed by atoms with Gasteiger partial charge < -0.3 is 5.32 Å². The molecule has 7 nitrogen and oxygen atoms in total. The lowest BCUT2D eigenvalue weighted by atomic mass is 9.98. The van der Waals surface area contributed by atoms with Crippen LogP contribution in [-0.4, -0.2) is 30.8 Å². The summed E-state index contributed by atoms with van der Waals surface area (Å²) in [4.78, 5) is 15.7. The van der Waals surface area contributed by atoms with Gasteiger partial charge in [-0.3, -0.25) is 9.79 Å². The lowest BCUT2D eigenvalue weighted by molar-refractivity contribution is -0.116. The Morgan fingerprint density at radius 3 is 2.40 bits per heavy atom. The zero-order valence-electron chi connectivity index (χ0n) is 13.6. The number of aliphatic imine (C=N–C) groups is 1. The van der Waals surface area contributed by atoms with E-state index in [9.17, 15) is 4.79 Å². The highest BCUT2D eigenvalue weighted by atomic mass is 32.2. The van der Waals surface area contributed by atoms with Gasteiger partial charge in [0.05, 0.1) is 6.07 Å². The molecule has 0 spiro atoms. The van der Waals surface area contributed by atoms with Crippen LogP contribution < -0.4 is 5.32 Å². The molecule has 2 rings (SSSR count). The third kappa shape index (κ3) is 6.93. The Morgan fingerprint density at radius 1 is 1.24 bits per heavy atom. The molecule has 1 atom stereocenters. The van der Waals surface area contributed by atoms with Crippen LogP contribution in [0, 0.1) is 11.3 Å². The summed E-state index contributed by atoms with van der Waals surface area (Å²) in [5.41, 5.74) is -0.148. The molecule has 130 valence electrons. The summed E-state index contributed by atoms with van der Waals surface area (Å²) in [5, 5.41) is 14.0. The van der Waals surface area contributed by atoms with Gasteiger partial charge in [0.25, 0.3) is 0 Å². The maximum absolute atomic E-state index is 11.9. The van der Waals surface area contributed by atoms with Crippen molar-refractivity contribution in [3.63, 3.8) is 0 Å². The fourth-order valence-corrected chi connectivity index (χ4v) is 2.02. The Bertz CT molecular complexity index is 913. The van der Waals surface area contributed by atoms with Crippen LogP contribution in [0.5, 0.6) is 0 Å². The van der Waals surface area contributed by atoms with E-state index < -0.39 is 16.1 Å². The molecule has 2 aromatic carbocycles. The minimum atomic E-state index is -3.11. The van der Waals surface area contributed by atoms with E-state index in [0.717, 1.165) is 16.5 Å². The minimum absolute atomic E-state index is 0.129. The van der Waals surface area contributed by atoms with Gasteiger partial charge in [0, 0.05) is 12.1 Å². The van der Waals surface area contributed by atoms with E-state index in [2.05, 4.69) is 23.1 Å². The fourth-order valence-electron chi connectivity index (χ4n) is 2.02. The number of anilines is 1. The fraction of sp³-hybridized carbons (Fsp3) is 0.235. The Balaban J connectivity index is 0.000000705. The van der Waals surface area contributed by atoms with Crippen LogP contribution in [0.25, 0.3) is 10.8 Å². The number of carbonyl (C=O) groups is 1. The van der Waals surface area contributed by atoms with Gasteiger partial charge in [0.2, 0.25) is 5.91 Å². The second kappa shape index (κ2) is 9.30. The van der Waals surface area contributed by atoms with E-state index >= 15 is 0 Å². The van der Waals surface area contributed by atoms with E-state index in [-0.39, 0.29) is 12.3 Å². The molecular formula is C17H17N3O4S. The van der Waals surface area contributed by atoms with Gasteiger partial charge in [-0.25, -0.2) is 0 Å². The Kier molecular flexibility index (Phi) is 7.43. The van der Waals surface area contributed by atoms with Crippen molar-refractivity contribution in [1.82, 2.24) is 0 Å². The van der Waals surface area contributed by atoms with Crippen molar-refractivity contribution >= 4 is 39.7 Å². The van der Waals surface area contributed by atoms with E-state index in [0.29, 0.717) is 6.42 Å². The van der Waals surface area contributed by atoms with Gasteiger partial charge in [-0.2, -0.15) is 5.26 Å². The number of benzene rings is 2. The molecule has 8 heteroatoms. The van der Waals surface area contributed by atoms with Crippen molar-refractivity contribution in [2.24, 2.45) is 4.99 Å². The third-order valence-electron chi connectivity index (χ3n) is 3.46. The molecule has 0 saturated heterocycles. The first-order valence-corrected chi connectivity index (χ1v) is 8.24. The predicted molar refractivity (Wildman–Crippen MR) is 95.1 cm³/mol. The summed E-state index contributed by atoms with van der Waals surface area (Å²) in [6.07, 6.45) is 0.586. The van der Waals surface area contributed by atoms with Gasteiger partial charge in [0.15, 0.2) is 0 Å². The van der Waals surface area contributed by atoms with Crippen LogP contribution in [0.3, 0.4) is 0 Å². The van der Waals surface area contributed by atoms with Crippen molar-refractivity contribution in [2.45, 2.75) is 25.3 Å². The van der Waals surface area contributed by atoms with Gasteiger partial charge >= 0.3 is 10.6 Å². The van der Waals surface area contributed by atoms with Gasteiger partial charge in [-0.05, 0) is 43.0 Å². The lowest BCUT2D eigenvalue weighted by Gasteiger charge is -2.15. The van der Waals surface area contributed by atoms with Crippen molar-refractivity contribution in [2.75, 3.05) is 5.32 Å². The van der Waals surface area contributed by atoms with Crippen LogP contribution in [0.4, 0.5) is 5.69 Å². The number of hydrogen-bond donors (Lipinski definition) is 1. The number of nitrogens with one attached hydrogen (secondary N) is 1. The van der Waals surface area contributed by atoms with E-state index in [4.69, 9.17) is 17.9 Å². The van der Waals surface area contributed by atoms with Crippen molar-refractivity contribution in [1.29, 1.82) is 5.26 Å². The summed E-state index contributed by atoms with van der Waals surface area (Å²) < 4.78 is 25.3. The SMILES string of the molecule is C=NC(C)(C#N)CCC(=O)Nc1ccc2ccccc2c1.O=S(=O)=O. The Morgan fingerprint density at radius 2 is 1.84 bits per heavy atom. The number of hydrogen-bond acceptors (Lipinski definition) is 6. The highest BCUT2D eigenvalue weighted by Crippen LogP contribution is 2.20. The molecule has 0 aliphatic heterocycles. The molecule has 0 aliphatic rings. The predicted octanol–water partition coefficient (Wildman–Crippen LogP) is 2.54. The van der Waals surface area contributed by atoms with Crippen LogP contribution >= 0.6 is 0 Å². The molecule has 25 heavy (non-hydrogen) atoms. The molecule has 0 aromatic heterocycles. The number of nitriles is 1. The molecule has 1 unspecified atom stereocenters. The van der Waals surface area contributed by atoms with Crippen molar-refractivity contribution < 1.29 is 17.4 Å². The van der Waals surface area contributed by atoms with Crippen LogP contribution in [0.1, 0.15) is 19.8 Å². The molecule has 0 radical (unpaired) electrons. The first-order chi connectivity index (χ1) is 11.8. The van der Waals surface area contributed by atoms with Gasteiger partial charge in [-0.15, -0.1) is 12.6 Å². The van der Waals surface area contributed by atoms with Gasteiger partial charge in [0.1, 0.15) is 5.54 Å². The van der Waals surface area contributed by atoms with E-state index in [1.165, 1.54) is 0 Å². The van der Waals surface area contributed by atoms with Crippen molar-refractivity contribution in [3.05, 3.63) is 42.5 Å². The molecule has 2 aromatic rings. The van der Waals surface area contributed by atoms with Crippen LogP contribution in [0.2, 0.25) is 0 Å². The number of amides is 1. The average Bonchev–Trinajstić information content (AvgIpc) is 2.59. The standard InChI is InChI=1S/C17H17N3O.O3S/c1-17(12-18,19-2)10-9-16(21)20-15-8-7-13-5-3-4-6-14(13)11-15;1-4(2)3/h3-8,11H,2,9-10H2,1H3,(H,20,21);. The summed E-state index contributed by atoms with van der Waals surface area (Å²) >= 11 is 0. The molecule has 0 saturated carbocycles. The maximum Gasteiger partial charge on any atom is 0.425 e. The number of fused-ring (bicyclic) bond motifs is 1. The first kappa shape index (κ1) is 20.0. The topological polar surface area (TPSA) is 116 Å². The zero-order chi connectivity index (χ0) is 18.9. The number of nitrogens with zero attached hydrogens (tertiary/aromatic N) is 2. The van der Waals surface area contributed by atoms with Crippen LogP contribution in [-0.2, 0) is 15.4 Å². The summed E-state index contributed by atoms with van der Waals surface area (Å²) in [7, 11) is -3.11. The second-order valence-electron chi connectivity index (χ2n) is 5.36. The number of rotatable bonds is 5. The molecular weight excluding hydrogens is 342 g/mol. The summed E-state index contributed by atoms with van der Waals surface area (Å²) in [6, 6.07) is 15.8.